The second kappa shape index (κ2) is 9.03. The van der Waals surface area contributed by atoms with Gasteiger partial charge < -0.3 is 24.9 Å². The molecule has 1 aromatic carbocycles. The molecule has 4 rings (SSSR count). The zero-order chi connectivity index (χ0) is 22.7. The fraction of sp³-hybridized carbons (Fsp3) is 0.391. The number of anilines is 1. The summed E-state index contributed by atoms with van der Waals surface area (Å²) in [6.45, 7) is 3.85. The number of furan rings is 1. The largest absolute Gasteiger partial charge is 0.461 e. The molecule has 2 saturated heterocycles. The van der Waals surface area contributed by atoms with E-state index in [-0.39, 0.29) is 29.8 Å². The minimum Gasteiger partial charge on any atom is -0.461 e. The molecule has 2 N–H and O–H groups in total. The summed E-state index contributed by atoms with van der Waals surface area (Å²) in [4.78, 5) is 28.6. The number of benzene rings is 1. The standard InChI is InChI=1S/C23H24N6O3/c1-15-10-16-11-18(4-5-20(16)32-15)26-22(17(12-24)13-25)27-19-6-9-29(23(19)31)14-21(30)28-7-2-3-8-28/h4-5,10-11,19,26-27H,2-3,6-9,14H2,1H3/t19-/m0/s1. The second-order valence-electron chi connectivity index (χ2n) is 8.04. The van der Waals surface area contributed by atoms with Crippen molar-refractivity contribution in [3.05, 3.63) is 41.4 Å². The highest BCUT2D eigenvalue weighted by Gasteiger charge is 2.34. The van der Waals surface area contributed by atoms with E-state index >= 15 is 0 Å². The van der Waals surface area contributed by atoms with Crippen LogP contribution in [-0.4, -0.2) is 53.8 Å². The number of aryl methyl sites for hydroxylation is 1. The van der Waals surface area contributed by atoms with Crippen LogP contribution in [0.4, 0.5) is 5.69 Å². The van der Waals surface area contributed by atoms with E-state index in [1.807, 2.05) is 31.2 Å². The van der Waals surface area contributed by atoms with E-state index in [9.17, 15) is 20.1 Å². The van der Waals surface area contributed by atoms with Gasteiger partial charge in [-0.25, -0.2) is 0 Å². The Bertz CT molecular complexity index is 1150. The number of hydrogen-bond acceptors (Lipinski definition) is 7. The second-order valence-corrected chi connectivity index (χ2v) is 8.04. The number of likely N-dealkylation sites (tertiary alicyclic amines) is 2. The third-order valence-electron chi connectivity index (χ3n) is 5.78. The minimum atomic E-state index is -0.625. The van der Waals surface area contributed by atoms with E-state index in [4.69, 9.17) is 4.42 Å². The summed E-state index contributed by atoms with van der Waals surface area (Å²) < 4.78 is 5.58. The topological polar surface area (TPSA) is 125 Å². The van der Waals surface area contributed by atoms with Gasteiger partial charge in [-0.3, -0.25) is 9.59 Å². The van der Waals surface area contributed by atoms with Gasteiger partial charge in [-0.15, -0.1) is 0 Å². The Balaban J connectivity index is 1.47. The fourth-order valence-corrected chi connectivity index (χ4v) is 4.14. The van der Waals surface area contributed by atoms with Crippen LogP contribution in [0.25, 0.3) is 11.0 Å². The van der Waals surface area contributed by atoms with Gasteiger partial charge in [0.25, 0.3) is 0 Å². The van der Waals surface area contributed by atoms with Crippen LogP contribution in [0.3, 0.4) is 0 Å². The van der Waals surface area contributed by atoms with Crippen molar-refractivity contribution in [1.29, 1.82) is 10.5 Å². The number of rotatable bonds is 6. The first-order valence-corrected chi connectivity index (χ1v) is 10.6. The molecule has 164 valence electrons. The molecule has 9 nitrogen and oxygen atoms in total. The van der Waals surface area contributed by atoms with Crippen LogP contribution in [0.5, 0.6) is 0 Å². The van der Waals surface area contributed by atoms with Crippen molar-refractivity contribution >= 4 is 28.5 Å². The third kappa shape index (κ3) is 4.37. The maximum absolute atomic E-state index is 12.9. The third-order valence-corrected chi connectivity index (χ3v) is 5.78. The van der Waals surface area contributed by atoms with Gasteiger partial charge in [-0.1, -0.05) is 0 Å². The molecule has 1 atom stereocenters. The van der Waals surface area contributed by atoms with Crippen LogP contribution in [0, 0.1) is 29.6 Å². The number of nitrogens with one attached hydrogen (secondary N) is 2. The summed E-state index contributed by atoms with van der Waals surface area (Å²) in [6, 6.07) is 10.4. The normalized spacial score (nSPS) is 17.8. The van der Waals surface area contributed by atoms with Gasteiger partial charge in [0.05, 0.1) is 6.54 Å². The van der Waals surface area contributed by atoms with E-state index in [2.05, 4.69) is 10.6 Å². The Kier molecular flexibility index (Phi) is 6.00. The summed E-state index contributed by atoms with van der Waals surface area (Å²) >= 11 is 0. The van der Waals surface area contributed by atoms with Crippen LogP contribution >= 0.6 is 0 Å². The van der Waals surface area contributed by atoms with Gasteiger partial charge in [0, 0.05) is 30.7 Å². The zero-order valence-corrected chi connectivity index (χ0v) is 17.9. The highest BCUT2D eigenvalue weighted by Crippen LogP contribution is 2.24. The van der Waals surface area contributed by atoms with Gasteiger partial charge in [0.1, 0.15) is 35.3 Å². The molecule has 0 aliphatic carbocycles. The van der Waals surface area contributed by atoms with Crippen molar-refractivity contribution in [2.45, 2.75) is 32.2 Å². The molecule has 2 aliphatic heterocycles. The quantitative estimate of drug-likeness (QED) is 0.671. The molecular formula is C23H24N6O3. The van der Waals surface area contributed by atoms with E-state index in [1.165, 1.54) is 4.90 Å². The molecule has 2 aromatic rings. The van der Waals surface area contributed by atoms with E-state index < -0.39 is 6.04 Å². The summed E-state index contributed by atoms with van der Waals surface area (Å²) in [5.41, 5.74) is 1.22. The Labute approximate surface area is 185 Å². The summed E-state index contributed by atoms with van der Waals surface area (Å²) in [7, 11) is 0. The molecule has 0 unspecified atom stereocenters. The lowest BCUT2D eigenvalue weighted by Crippen LogP contribution is -2.44. The average Bonchev–Trinajstić information content (AvgIpc) is 3.50. The SMILES string of the molecule is Cc1cc2cc(NC(N[C@H]3CCN(CC(=O)N4CCCC4)C3=O)=C(C#N)C#N)ccc2o1. The van der Waals surface area contributed by atoms with E-state index in [1.54, 1.807) is 17.0 Å². The van der Waals surface area contributed by atoms with Crippen molar-refractivity contribution in [2.75, 3.05) is 31.5 Å². The Morgan fingerprint density at radius 2 is 1.94 bits per heavy atom. The lowest BCUT2D eigenvalue weighted by Gasteiger charge is -2.22. The summed E-state index contributed by atoms with van der Waals surface area (Å²) in [5, 5.41) is 25.8. The first-order chi connectivity index (χ1) is 15.5. The molecular weight excluding hydrogens is 408 g/mol. The monoisotopic (exact) mass is 432 g/mol. The number of amides is 2. The number of allylic oxidation sites excluding steroid dienone is 1. The predicted octanol–water partition coefficient (Wildman–Crippen LogP) is 2.22. The molecule has 0 radical (unpaired) electrons. The van der Waals surface area contributed by atoms with Crippen LogP contribution in [0.2, 0.25) is 0 Å². The van der Waals surface area contributed by atoms with Gasteiger partial charge >= 0.3 is 0 Å². The van der Waals surface area contributed by atoms with Crippen molar-refractivity contribution in [3.8, 4) is 12.1 Å². The zero-order valence-electron chi connectivity index (χ0n) is 17.9. The smallest absolute Gasteiger partial charge is 0.245 e. The highest BCUT2D eigenvalue weighted by molar-refractivity contribution is 5.89. The number of carbonyl (C=O) groups excluding carboxylic acids is 2. The van der Waals surface area contributed by atoms with Gasteiger partial charge in [-0.2, -0.15) is 10.5 Å². The maximum atomic E-state index is 12.9. The van der Waals surface area contributed by atoms with Crippen LogP contribution in [0.1, 0.15) is 25.0 Å². The van der Waals surface area contributed by atoms with Crippen molar-refractivity contribution in [3.63, 3.8) is 0 Å². The molecule has 2 aliphatic rings. The maximum Gasteiger partial charge on any atom is 0.245 e. The molecule has 0 saturated carbocycles. The summed E-state index contributed by atoms with van der Waals surface area (Å²) in [6.07, 6.45) is 2.47. The molecule has 32 heavy (non-hydrogen) atoms. The first-order valence-electron chi connectivity index (χ1n) is 10.6. The van der Waals surface area contributed by atoms with Crippen molar-refractivity contribution < 1.29 is 14.0 Å². The molecule has 2 amide bonds. The lowest BCUT2D eigenvalue weighted by molar-refractivity contribution is -0.138. The fourth-order valence-electron chi connectivity index (χ4n) is 4.14. The number of nitriles is 2. The molecule has 9 heteroatoms. The van der Waals surface area contributed by atoms with E-state index in [0.717, 1.165) is 42.7 Å². The van der Waals surface area contributed by atoms with E-state index in [0.29, 0.717) is 18.7 Å². The predicted molar refractivity (Wildman–Crippen MR) is 117 cm³/mol. The lowest BCUT2D eigenvalue weighted by atomic mass is 10.2. The Morgan fingerprint density at radius 3 is 2.66 bits per heavy atom. The van der Waals surface area contributed by atoms with Crippen molar-refractivity contribution in [1.82, 2.24) is 15.1 Å². The Morgan fingerprint density at radius 1 is 1.19 bits per heavy atom. The van der Waals surface area contributed by atoms with Gasteiger partial charge in [0.2, 0.25) is 11.8 Å². The van der Waals surface area contributed by atoms with Crippen molar-refractivity contribution in [2.24, 2.45) is 0 Å². The molecule has 0 spiro atoms. The van der Waals surface area contributed by atoms with Gasteiger partial charge in [0.15, 0.2) is 5.57 Å². The van der Waals surface area contributed by atoms with Crippen LogP contribution in [0.15, 0.2) is 40.1 Å². The number of nitrogens with zero attached hydrogens (tertiary/aromatic N) is 4. The van der Waals surface area contributed by atoms with Crippen LogP contribution in [-0.2, 0) is 9.59 Å². The molecule has 2 fully saturated rings. The number of hydrogen-bond donors (Lipinski definition) is 2. The highest BCUT2D eigenvalue weighted by atomic mass is 16.3. The molecule has 3 heterocycles. The Hall–Kier alpha value is -3.98. The number of fused-ring (bicyclic) bond motifs is 1. The molecule has 1 aromatic heterocycles. The van der Waals surface area contributed by atoms with Crippen LogP contribution < -0.4 is 10.6 Å². The average molecular weight is 432 g/mol. The first kappa shape index (κ1) is 21.3. The minimum absolute atomic E-state index is 0.0381. The van der Waals surface area contributed by atoms with Gasteiger partial charge in [-0.05, 0) is 50.5 Å². The summed E-state index contributed by atoms with van der Waals surface area (Å²) in [5.74, 6) is 0.693. The number of carbonyl (C=O) groups is 2. The molecule has 0 bridgehead atoms.